The maximum Gasteiger partial charge on any atom is 0.100 e. The van der Waals surface area contributed by atoms with Crippen molar-refractivity contribution < 1.29 is 0 Å². The van der Waals surface area contributed by atoms with Gasteiger partial charge in [0.2, 0.25) is 0 Å². The Morgan fingerprint density at radius 3 is 2.93 bits per heavy atom. The summed E-state index contributed by atoms with van der Waals surface area (Å²) in [4.78, 5) is 1.96. The first-order valence-corrected chi connectivity index (χ1v) is 4.66. The van der Waals surface area contributed by atoms with Crippen LogP contribution in [-0.2, 0) is 0 Å². The molecule has 1 aliphatic rings. The first-order valence-electron chi connectivity index (χ1n) is 4.66. The average Bonchev–Trinajstić information content (AvgIpc) is 2.65. The number of benzene rings is 1. The number of nitrogens with zero attached hydrogens (tertiary/aromatic N) is 2. The van der Waals surface area contributed by atoms with Gasteiger partial charge in [-0.3, -0.25) is 5.41 Å². The fourth-order valence-corrected chi connectivity index (χ4v) is 1.70. The fourth-order valence-electron chi connectivity index (χ4n) is 1.70. The summed E-state index contributed by atoms with van der Waals surface area (Å²) in [6.45, 7) is 0.897. The second-order valence-electron chi connectivity index (χ2n) is 3.36. The quantitative estimate of drug-likeness (QED) is 0.728. The van der Waals surface area contributed by atoms with Crippen molar-refractivity contribution in [2.75, 3.05) is 11.4 Å². The SMILES string of the molecule is N#Cc1cccc(N2CCCC2=N)c1. The summed E-state index contributed by atoms with van der Waals surface area (Å²) in [5, 5.41) is 16.5. The molecule has 0 atom stereocenters. The standard InChI is InChI=1S/C11H11N3/c12-8-9-3-1-4-10(7-9)14-6-2-5-11(14)13/h1,3-4,7,13H,2,5-6H2. The van der Waals surface area contributed by atoms with E-state index in [0.29, 0.717) is 11.4 Å². The van der Waals surface area contributed by atoms with Crippen LogP contribution in [0.15, 0.2) is 24.3 Å². The van der Waals surface area contributed by atoms with Crippen LogP contribution < -0.4 is 4.90 Å². The molecule has 1 aromatic rings. The molecular formula is C11H11N3. The Labute approximate surface area is 83.1 Å². The molecular weight excluding hydrogens is 174 g/mol. The van der Waals surface area contributed by atoms with Gasteiger partial charge in [0.05, 0.1) is 11.6 Å². The van der Waals surface area contributed by atoms with Crippen LogP contribution in [0.1, 0.15) is 18.4 Å². The third-order valence-corrected chi connectivity index (χ3v) is 2.41. The van der Waals surface area contributed by atoms with Crippen molar-refractivity contribution in [2.24, 2.45) is 0 Å². The van der Waals surface area contributed by atoms with E-state index in [-0.39, 0.29) is 0 Å². The van der Waals surface area contributed by atoms with E-state index in [2.05, 4.69) is 6.07 Å². The van der Waals surface area contributed by atoms with E-state index >= 15 is 0 Å². The molecule has 70 valence electrons. The number of rotatable bonds is 1. The van der Waals surface area contributed by atoms with Crippen molar-refractivity contribution in [1.29, 1.82) is 10.7 Å². The highest BCUT2D eigenvalue weighted by molar-refractivity contribution is 5.97. The highest BCUT2D eigenvalue weighted by Gasteiger charge is 2.18. The van der Waals surface area contributed by atoms with Crippen molar-refractivity contribution in [2.45, 2.75) is 12.8 Å². The zero-order chi connectivity index (χ0) is 9.97. The van der Waals surface area contributed by atoms with E-state index in [1.54, 1.807) is 6.07 Å². The largest absolute Gasteiger partial charge is 0.330 e. The lowest BCUT2D eigenvalue weighted by Crippen LogP contribution is -2.22. The first kappa shape index (κ1) is 8.76. The summed E-state index contributed by atoms with van der Waals surface area (Å²) in [5.41, 5.74) is 1.62. The number of nitrogens with one attached hydrogen (secondary N) is 1. The van der Waals surface area contributed by atoms with Crippen molar-refractivity contribution in [3.05, 3.63) is 29.8 Å². The van der Waals surface area contributed by atoms with Crippen LogP contribution in [0.4, 0.5) is 5.69 Å². The van der Waals surface area contributed by atoms with E-state index in [0.717, 1.165) is 25.1 Å². The van der Waals surface area contributed by atoms with Gasteiger partial charge < -0.3 is 4.90 Å². The zero-order valence-corrected chi connectivity index (χ0v) is 7.83. The van der Waals surface area contributed by atoms with Gasteiger partial charge in [-0.25, -0.2) is 0 Å². The maximum atomic E-state index is 8.75. The summed E-state index contributed by atoms with van der Waals surface area (Å²) in [6, 6.07) is 9.53. The summed E-state index contributed by atoms with van der Waals surface area (Å²) in [5.74, 6) is 0.653. The van der Waals surface area contributed by atoms with E-state index in [1.807, 2.05) is 23.1 Å². The molecule has 0 spiro atoms. The third kappa shape index (κ3) is 1.47. The van der Waals surface area contributed by atoms with E-state index in [9.17, 15) is 0 Å². The molecule has 2 rings (SSSR count). The van der Waals surface area contributed by atoms with Crippen LogP contribution in [0.25, 0.3) is 0 Å². The molecule has 1 N–H and O–H groups in total. The molecule has 0 aromatic heterocycles. The molecule has 0 saturated carbocycles. The van der Waals surface area contributed by atoms with E-state index in [1.165, 1.54) is 0 Å². The highest BCUT2D eigenvalue weighted by atomic mass is 15.2. The van der Waals surface area contributed by atoms with Crippen molar-refractivity contribution >= 4 is 11.5 Å². The lowest BCUT2D eigenvalue weighted by Gasteiger charge is -2.17. The van der Waals surface area contributed by atoms with Gasteiger partial charge in [-0.15, -0.1) is 0 Å². The molecule has 0 radical (unpaired) electrons. The number of anilines is 1. The van der Waals surface area contributed by atoms with Gasteiger partial charge in [-0.1, -0.05) is 6.07 Å². The van der Waals surface area contributed by atoms with Crippen molar-refractivity contribution in [1.82, 2.24) is 0 Å². The van der Waals surface area contributed by atoms with E-state index in [4.69, 9.17) is 10.7 Å². The number of hydrogen-bond donors (Lipinski definition) is 1. The molecule has 0 amide bonds. The molecule has 14 heavy (non-hydrogen) atoms. The molecule has 3 heteroatoms. The first-order chi connectivity index (χ1) is 6.81. The van der Waals surface area contributed by atoms with Crippen LogP contribution in [-0.4, -0.2) is 12.4 Å². The Balaban J connectivity index is 2.32. The molecule has 1 aliphatic heterocycles. The molecule has 1 fully saturated rings. The van der Waals surface area contributed by atoms with Crippen LogP contribution in [0.5, 0.6) is 0 Å². The van der Waals surface area contributed by atoms with Gasteiger partial charge in [0, 0.05) is 18.7 Å². The number of hydrogen-bond acceptors (Lipinski definition) is 2. The molecule has 0 aliphatic carbocycles. The Kier molecular flexibility index (Phi) is 2.19. The van der Waals surface area contributed by atoms with Crippen LogP contribution in [0.2, 0.25) is 0 Å². The van der Waals surface area contributed by atoms with Gasteiger partial charge >= 0.3 is 0 Å². The molecule has 3 nitrogen and oxygen atoms in total. The highest BCUT2D eigenvalue weighted by Crippen LogP contribution is 2.21. The average molecular weight is 185 g/mol. The van der Waals surface area contributed by atoms with Crippen molar-refractivity contribution in [3.63, 3.8) is 0 Å². The number of nitriles is 1. The molecule has 1 saturated heterocycles. The third-order valence-electron chi connectivity index (χ3n) is 2.41. The lowest BCUT2D eigenvalue weighted by atomic mass is 10.2. The molecule has 0 bridgehead atoms. The Morgan fingerprint density at radius 1 is 1.43 bits per heavy atom. The van der Waals surface area contributed by atoms with Gasteiger partial charge in [0.15, 0.2) is 0 Å². The Bertz CT molecular complexity index is 403. The smallest absolute Gasteiger partial charge is 0.100 e. The van der Waals surface area contributed by atoms with Gasteiger partial charge in [-0.05, 0) is 24.6 Å². The molecule has 0 unspecified atom stereocenters. The Morgan fingerprint density at radius 2 is 2.29 bits per heavy atom. The Hall–Kier alpha value is -1.82. The summed E-state index contributed by atoms with van der Waals surface area (Å²) in [6.07, 6.45) is 1.88. The normalized spacial score (nSPS) is 15.6. The monoisotopic (exact) mass is 185 g/mol. The lowest BCUT2D eigenvalue weighted by molar-refractivity contribution is 0.956. The van der Waals surface area contributed by atoms with Crippen LogP contribution in [0, 0.1) is 16.7 Å². The summed E-state index contributed by atoms with van der Waals surface area (Å²) in [7, 11) is 0. The predicted molar refractivity (Wildman–Crippen MR) is 55.5 cm³/mol. The molecule has 1 heterocycles. The minimum absolute atomic E-state index is 0.653. The second-order valence-corrected chi connectivity index (χ2v) is 3.36. The van der Waals surface area contributed by atoms with E-state index < -0.39 is 0 Å². The van der Waals surface area contributed by atoms with Crippen LogP contribution in [0.3, 0.4) is 0 Å². The van der Waals surface area contributed by atoms with Gasteiger partial charge in [0.1, 0.15) is 5.84 Å². The number of amidine groups is 1. The van der Waals surface area contributed by atoms with Gasteiger partial charge in [0.25, 0.3) is 0 Å². The minimum Gasteiger partial charge on any atom is -0.330 e. The summed E-state index contributed by atoms with van der Waals surface area (Å²) >= 11 is 0. The van der Waals surface area contributed by atoms with Gasteiger partial charge in [-0.2, -0.15) is 5.26 Å². The fraction of sp³-hybridized carbons (Fsp3) is 0.273. The second kappa shape index (κ2) is 3.51. The summed E-state index contributed by atoms with van der Waals surface area (Å²) < 4.78 is 0. The predicted octanol–water partition coefficient (Wildman–Crippen LogP) is 2.14. The van der Waals surface area contributed by atoms with Crippen molar-refractivity contribution in [3.8, 4) is 6.07 Å². The molecule has 1 aromatic carbocycles. The minimum atomic E-state index is 0.653. The topological polar surface area (TPSA) is 50.9 Å². The van der Waals surface area contributed by atoms with Crippen LogP contribution >= 0.6 is 0 Å². The maximum absolute atomic E-state index is 8.75. The zero-order valence-electron chi connectivity index (χ0n) is 7.83.